The van der Waals surface area contributed by atoms with Gasteiger partial charge in [-0.1, -0.05) is 31.2 Å². The first-order chi connectivity index (χ1) is 8.40. The molecule has 0 fully saturated rings. The van der Waals surface area contributed by atoms with Crippen LogP contribution in [0, 0.1) is 0 Å². The fourth-order valence-electron chi connectivity index (χ4n) is 2.02. The van der Waals surface area contributed by atoms with E-state index in [4.69, 9.17) is 0 Å². The fraction of sp³-hybridized carbons (Fsp3) is 0.133. The highest BCUT2D eigenvalue weighted by atomic mass is 32.1. The molecule has 0 atom stereocenters. The van der Waals surface area contributed by atoms with E-state index in [1.165, 1.54) is 20.2 Å². The van der Waals surface area contributed by atoms with Gasteiger partial charge in [-0.05, 0) is 24.6 Å². The van der Waals surface area contributed by atoms with Gasteiger partial charge in [0, 0.05) is 21.7 Å². The SMILES string of the molecule is CC/C=C\c1nccc2c1sc1ccccc12. The third-order valence-electron chi connectivity index (χ3n) is 2.83. The smallest absolute Gasteiger partial charge is 0.0805 e. The summed E-state index contributed by atoms with van der Waals surface area (Å²) in [5, 5.41) is 2.65. The number of benzene rings is 1. The highest BCUT2D eigenvalue weighted by Crippen LogP contribution is 2.35. The zero-order chi connectivity index (χ0) is 11.7. The number of fused-ring (bicyclic) bond motifs is 3. The van der Waals surface area contributed by atoms with Gasteiger partial charge < -0.3 is 0 Å². The van der Waals surface area contributed by atoms with Gasteiger partial charge in [0.25, 0.3) is 0 Å². The van der Waals surface area contributed by atoms with Crippen molar-refractivity contribution in [3.63, 3.8) is 0 Å². The second-order valence-electron chi connectivity index (χ2n) is 3.98. The Morgan fingerprint density at radius 1 is 1.18 bits per heavy atom. The Morgan fingerprint density at radius 2 is 2.06 bits per heavy atom. The minimum atomic E-state index is 1.04. The number of aromatic nitrogens is 1. The quantitative estimate of drug-likeness (QED) is 0.621. The minimum absolute atomic E-state index is 1.04. The summed E-state index contributed by atoms with van der Waals surface area (Å²) in [5.41, 5.74) is 1.09. The third kappa shape index (κ3) is 1.75. The molecule has 0 saturated carbocycles. The molecule has 0 bridgehead atoms. The molecule has 0 aliphatic heterocycles. The minimum Gasteiger partial charge on any atom is -0.255 e. The van der Waals surface area contributed by atoms with Crippen LogP contribution < -0.4 is 0 Å². The van der Waals surface area contributed by atoms with E-state index in [1.54, 1.807) is 0 Å². The second kappa shape index (κ2) is 4.30. The highest BCUT2D eigenvalue weighted by Gasteiger charge is 2.06. The Kier molecular flexibility index (Phi) is 2.65. The number of allylic oxidation sites excluding steroid dienone is 1. The van der Waals surface area contributed by atoms with Crippen LogP contribution in [0.3, 0.4) is 0 Å². The molecular weight excluding hydrogens is 226 g/mol. The van der Waals surface area contributed by atoms with Crippen molar-refractivity contribution in [2.24, 2.45) is 0 Å². The first-order valence-corrected chi connectivity index (χ1v) is 6.64. The van der Waals surface area contributed by atoms with Crippen molar-refractivity contribution in [1.82, 2.24) is 4.98 Å². The van der Waals surface area contributed by atoms with E-state index in [0.717, 1.165) is 12.1 Å². The molecule has 1 aromatic carbocycles. The molecule has 0 aliphatic carbocycles. The van der Waals surface area contributed by atoms with Gasteiger partial charge in [0.05, 0.1) is 10.4 Å². The number of hydrogen-bond donors (Lipinski definition) is 0. The zero-order valence-corrected chi connectivity index (χ0v) is 10.5. The molecule has 17 heavy (non-hydrogen) atoms. The summed E-state index contributed by atoms with van der Waals surface area (Å²) in [6.07, 6.45) is 7.23. The van der Waals surface area contributed by atoms with E-state index in [1.807, 2.05) is 17.5 Å². The standard InChI is InChI=1S/C15H13NS/c1-2-3-7-13-15-12(9-10-16-13)11-6-4-5-8-14(11)17-15/h3-10H,2H2,1H3/b7-3-. The first-order valence-electron chi connectivity index (χ1n) is 5.83. The normalized spacial score (nSPS) is 11.8. The summed E-state index contributed by atoms with van der Waals surface area (Å²) in [7, 11) is 0. The van der Waals surface area contributed by atoms with Crippen molar-refractivity contribution in [1.29, 1.82) is 0 Å². The molecule has 2 aromatic heterocycles. The lowest BCUT2D eigenvalue weighted by Gasteiger charge is -1.95. The van der Waals surface area contributed by atoms with Gasteiger partial charge in [0.2, 0.25) is 0 Å². The Morgan fingerprint density at radius 3 is 2.94 bits per heavy atom. The van der Waals surface area contributed by atoms with E-state index < -0.39 is 0 Å². The monoisotopic (exact) mass is 239 g/mol. The third-order valence-corrected chi connectivity index (χ3v) is 4.04. The van der Waals surface area contributed by atoms with Crippen LogP contribution in [-0.4, -0.2) is 4.98 Å². The lowest BCUT2D eigenvalue weighted by molar-refractivity contribution is 1.23. The molecule has 0 amide bonds. The van der Waals surface area contributed by atoms with Gasteiger partial charge in [-0.2, -0.15) is 0 Å². The summed E-state index contributed by atoms with van der Waals surface area (Å²) in [4.78, 5) is 4.46. The topological polar surface area (TPSA) is 12.9 Å². The number of hydrogen-bond acceptors (Lipinski definition) is 2. The molecular formula is C15H13NS. The molecule has 0 unspecified atom stereocenters. The van der Waals surface area contributed by atoms with Crippen LogP contribution in [0.4, 0.5) is 0 Å². The lowest BCUT2D eigenvalue weighted by Crippen LogP contribution is -1.78. The number of pyridine rings is 1. The first kappa shape index (κ1) is 10.5. The van der Waals surface area contributed by atoms with Crippen molar-refractivity contribution < 1.29 is 0 Å². The maximum Gasteiger partial charge on any atom is 0.0805 e. The van der Waals surface area contributed by atoms with Crippen molar-refractivity contribution in [2.45, 2.75) is 13.3 Å². The van der Waals surface area contributed by atoms with Crippen LogP contribution in [0.15, 0.2) is 42.6 Å². The molecule has 2 heterocycles. The molecule has 0 radical (unpaired) electrons. The summed E-state index contributed by atoms with van der Waals surface area (Å²) >= 11 is 1.82. The molecule has 84 valence electrons. The van der Waals surface area contributed by atoms with Crippen molar-refractivity contribution in [3.8, 4) is 0 Å². The molecule has 3 rings (SSSR count). The van der Waals surface area contributed by atoms with E-state index in [9.17, 15) is 0 Å². The van der Waals surface area contributed by atoms with Gasteiger partial charge in [-0.15, -0.1) is 11.3 Å². The van der Waals surface area contributed by atoms with Crippen LogP contribution in [0.25, 0.3) is 26.2 Å². The van der Waals surface area contributed by atoms with Crippen LogP contribution in [0.1, 0.15) is 19.0 Å². The van der Waals surface area contributed by atoms with Crippen molar-refractivity contribution in [2.75, 3.05) is 0 Å². The predicted molar refractivity (Wildman–Crippen MR) is 76.5 cm³/mol. The van der Waals surface area contributed by atoms with Crippen LogP contribution in [-0.2, 0) is 0 Å². The van der Waals surface area contributed by atoms with Crippen LogP contribution in [0.5, 0.6) is 0 Å². The van der Waals surface area contributed by atoms with Gasteiger partial charge in [-0.3, -0.25) is 4.98 Å². The number of thiophene rings is 1. The van der Waals surface area contributed by atoms with Gasteiger partial charge in [0.15, 0.2) is 0 Å². The van der Waals surface area contributed by atoms with Crippen molar-refractivity contribution in [3.05, 3.63) is 48.3 Å². The van der Waals surface area contributed by atoms with Crippen LogP contribution in [0.2, 0.25) is 0 Å². The predicted octanol–water partition coefficient (Wildman–Crippen LogP) is 4.87. The Bertz CT molecular complexity index is 694. The molecule has 2 heteroatoms. The van der Waals surface area contributed by atoms with Gasteiger partial charge in [0.1, 0.15) is 0 Å². The average molecular weight is 239 g/mol. The fourth-order valence-corrected chi connectivity index (χ4v) is 3.19. The molecule has 3 aromatic rings. The maximum absolute atomic E-state index is 4.46. The molecule has 0 spiro atoms. The highest BCUT2D eigenvalue weighted by molar-refractivity contribution is 7.26. The largest absolute Gasteiger partial charge is 0.255 e. The maximum atomic E-state index is 4.46. The second-order valence-corrected chi connectivity index (χ2v) is 5.03. The molecule has 0 N–H and O–H groups in total. The van der Waals surface area contributed by atoms with E-state index in [-0.39, 0.29) is 0 Å². The summed E-state index contributed by atoms with van der Waals surface area (Å²) in [5.74, 6) is 0. The van der Waals surface area contributed by atoms with E-state index in [2.05, 4.69) is 54.4 Å². The Labute approximate surface area is 104 Å². The number of nitrogens with zero attached hydrogens (tertiary/aromatic N) is 1. The van der Waals surface area contributed by atoms with E-state index >= 15 is 0 Å². The van der Waals surface area contributed by atoms with Gasteiger partial charge >= 0.3 is 0 Å². The van der Waals surface area contributed by atoms with Crippen LogP contribution >= 0.6 is 11.3 Å². The van der Waals surface area contributed by atoms with E-state index in [0.29, 0.717) is 0 Å². The molecule has 0 saturated heterocycles. The average Bonchev–Trinajstić information content (AvgIpc) is 2.75. The summed E-state index contributed by atoms with van der Waals surface area (Å²) in [6, 6.07) is 10.6. The summed E-state index contributed by atoms with van der Waals surface area (Å²) < 4.78 is 2.63. The van der Waals surface area contributed by atoms with Crippen molar-refractivity contribution >= 4 is 37.6 Å². The number of rotatable bonds is 2. The molecule has 1 nitrogen and oxygen atoms in total. The van der Waals surface area contributed by atoms with Gasteiger partial charge in [-0.25, -0.2) is 0 Å². The Balaban J connectivity index is 2.35. The Hall–Kier alpha value is -1.67. The zero-order valence-electron chi connectivity index (χ0n) is 9.68. The molecule has 0 aliphatic rings. The summed E-state index contributed by atoms with van der Waals surface area (Å²) in [6.45, 7) is 2.14. The lowest BCUT2D eigenvalue weighted by atomic mass is 10.1.